The molecule has 2 rings (SSSR count). The van der Waals surface area contributed by atoms with Gasteiger partial charge in [-0.25, -0.2) is 0 Å². The molecule has 1 heterocycles. The minimum Gasteiger partial charge on any atom is -0.369 e. The standard InChI is InChI=1S/C16H21ClN2O2/c17-14-6-4-12(5-7-14)2-1-3-15(20)19-10-8-13(9-11-19)16(18)21/h4-7,13H,1-3,8-11H2,(H2,18,21). The summed E-state index contributed by atoms with van der Waals surface area (Å²) in [5.41, 5.74) is 6.49. The highest BCUT2D eigenvalue weighted by atomic mass is 35.5. The van der Waals surface area contributed by atoms with Gasteiger partial charge in [-0.15, -0.1) is 0 Å². The van der Waals surface area contributed by atoms with Crippen molar-refractivity contribution in [3.8, 4) is 0 Å². The Bertz CT molecular complexity index is 494. The Morgan fingerprint density at radius 2 is 1.81 bits per heavy atom. The maximum atomic E-state index is 12.1. The van der Waals surface area contributed by atoms with Crippen LogP contribution in [0.5, 0.6) is 0 Å². The van der Waals surface area contributed by atoms with E-state index in [1.807, 2.05) is 29.2 Å². The number of carbonyl (C=O) groups excluding carboxylic acids is 2. The molecule has 1 aromatic carbocycles. The molecule has 2 amide bonds. The molecule has 114 valence electrons. The van der Waals surface area contributed by atoms with E-state index in [4.69, 9.17) is 17.3 Å². The second kappa shape index (κ2) is 7.46. The van der Waals surface area contributed by atoms with Crippen LogP contribution in [0.2, 0.25) is 5.02 Å². The zero-order valence-corrected chi connectivity index (χ0v) is 12.8. The van der Waals surface area contributed by atoms with Gasteiger partial charge in [0.1, 0.15) is 0 Å². The molecule has 1 fully saturated rings. The number of hydrogen-bond acceptors (Lipinski definition) is 2. The largest absolute Gasteiger partial charge is 0.369 e. The second-order valence-corrected chi connectivity index (χ2v) is 5.97. The first-order valence-electron chi connectivity index (χ1n) is 7.38. The van der Waals surface area contributed by atoms with Crippen molar-refractivity contribution in [2.24, 2.45) is 11.7 Å². The van der Waals surface area contributed by atoms with Crippen molar-refractivity contribution in [1.29, 1.82) is 0 Å². The Hall–Kier alpha value is -1.55. The molecule has 1 saturated heterocycles. The van der Waals surface area contributed by atoms with Crippen LogP contribution in [-0.4, -0.2) is 29.8 Å². The lowest BCUT2D eigenvalue weighted by atomic mass is 9.96. The average Bonchev–Trinajstić information content (AvgIpc) is 2.49. The minimum absolute atomic E-state index is 0.0666. The fraction of sp³-hybridized carbons (Fsp3) is 0.500. The lowest BCUT2D eigenvalue weighted by Gasteiger charge is -2.30. The first kappa shape index (κ1) is 15.8. The third kappa shape index (κ3) is 4.74. The van der Waals surface area contributed by atoms with Gasteiger partial charge in [-0.05, 0) is 43.4 Å². The number of halogens is 1. The Balaban J connectivity index is 1.70. The molecule has 1 aliphatic rings. The maximum Gasteiger partial charge on any atom is 0.222 e. The van der Waals surface area contributed by atoms with Crippen LogP contribution in [0, 0.1) is 5.92 Å². The molecular weight excluding hydrogens is 288 g/mol. The first-order chi connectivity index (χ1) is 10.1. The highest BCUT2D eigenvalue weighted by Gasteiger charge is 2.25. The normalized spacial score (nSPS) is 16.0. The van der Waals surface area contributed by atoms with E-state index in [1.165, 1.54) is 5.56 Å². The van der Waals surface area contributed by atoms with Crippen molar-refractivity contribution >= 4 is 23.4 Å². The van der Waals surface area contributed by atoms with Gasteiger partial charge in [0.25, 0.3) is 0 Å². The van der Waals surface area contributed by atoms with E-state index in [2.05, 4.69) is 0 Å². The summed E-state index contributed by atoms with van der Waals surface area (Å²) >= 11 is 5.84. The van der Waals surface area contributed by atoms with Crippen molar-refractivity contribution in [2.75, 3.05) is 13.1 Å². The third-order valence-electron chi connectivity index (χ3n) is 4.02. The van der Waals surface area contributed by atoms with E-state index in [0.717, 1.165) is 17.9 Å². The van der Waals surface area contributed by atoms with Crippen LogP contribution in [0.1, 0.15) is 31.2 Å². The molecule has 2 N–H and O–H groups in total. The summed E-state index contributed by atoms with van der Waals surface area (Å²) in [6, 6.07) is 7.72. The summed E-state index contributed by atoms with van der Waals surface area (Å²) < 4.78 is 0. The Labute approximate surface area is 130 Å². The fourth-order valence-electron chi connectivity index (χ4n) is 2.67. The molecule has 0 bridgehead atoms. The molecule has 21 heavy (non-hydrogen) atoms. The number of amides is 2. The molecule has 0 spiro atoms. The van der Waals surface area contributed by atoms with Crippen molar-refractivity contribution < 1.29 is 9.59 Å². The van der Waals surface area contributed by atoms with Crippen LogP contribution >= 0.6 is 11.6 Å². The van der Waals surface area contributed by atoms with Crippen LogP contribution in [0.3, 0.4) is 0 Å². The number of carbonyl (C=O) groups is 2. The van der Waals surface area contributed by atoms with Gasteiger partial charge >= 0.3 is 0 Å². The molecule has 0 aromatic heterocycles. The smallest absolute Gasteiger partial charge is 0.222 e. The van der Waals surface area contributed by atoms with Crippen LogP contribution in [0.4, 0.5) is 0 Å². The zero-order chi connectivity index (χ0) is 15.2. The zero-order valence-electron chi connectivity index (χ0n) is 12.1. The molecule has 4 nitrogen and oxygen atoms in total. The van der Waals surface area contributed by atoms with Crippen LogP contribution < -0.4 is 5.73 Å². The molecular formula is C16H21ClN2O2. The van der Waals surface area contributed by atoms with Gasteiger partial charge in [0.05, 0.1) is 0 Å². The van der Waals surface area contributed by atoms with Crippen LogP contribution in [-0.2, 0) is 16.0 Å². The van der Waals surface area contributed by atoms with Gasteiger partial charge in [-0.2, -0.15) is 0 Å². The summed E-state index contributed by atoms with van der Waals surface area (Å²) in [6.45, 7) is 1.29. The number of likely N-dealkylation sites (tertiary alicyclic amines) is 1. The van der Waals surface area contributed by atoms with Gasteiger partial charge in [-0.3, -0.25) is 9.59 Å². The predicted octanol–water partition coefficient (Wildman–Crippen LogP) is 2.39. The van der Waals surface area contributed by atoms with Crippen molar-refractivity contribution in [3.63, 3.8) is 0 Å². The van der Waals surface area contributed by atoms with E-state index in [1.54, 1.807) is 0 Å². The van der Waals surface area contributed by atoms with Gasteiger partial charge in [-0.1, -0.05) is 23.7 Å². The van der Waals surface area contributed by atoms with E-state index in [-0.39, 0.29) is 17.7 Å². The van der Waals surface area contributed by atoms with Crippen molar-refractivity contribution in [1.82, 2.24) is 4.90 Å². The third-order valence-corrected chi connectivity index (χ3v) is 4.27. The summed E-state index contributed by atoms with van der Waals surface area (Å²) in [6.07, 6.45) is 3.64. The molecule has 0 aliphatic carbocycles. The van der Waals surface area contributed by atoms with Crippen molar-refractivity contribution in [2.45, 2.75) is 32.1 Å². The molecule has 0 atom stereocenters. The molecule has 0 unspecified atom stereocenters. The summed E-state index contributed by atoms with van der Waals surface area (Å²) in [5, 5.41) is 0.729. The van der Waals surface area contributed by atoms with Gasteiger partial charge in [0.15, 0.2) is 0 Å². The van der Waals surface area contributed by atoms with Crippen LogP contribution in [0.25, 0.3) is 0 Å². The number of rotatable bonds is 5. The number of nitrogens with zero attached hydrogens (tertiary/aromatic N) is 1. The quantitative estimate of drug-likeness (QED) is 0.907. The first-order valence-corrected chi connectivity index (χ1v) is 7.75. The summed E-state index contributed by atoms with van der Waals surface area (Å²) in [5.74, 6) is -0.139. The Morgan fingerprint density at radius 1 is 1.19 bits per heavy atom. The number of primary amides is 1. The number of piperidine rings is 1. The molecule has 5 heteroatoms. The number of benzene rings is 1. The molecule has 0 saturated carbocycles. The highest BCUT2D eigenvalue weighted by Crippen LogP contribution is 2.18. The topological polar surface area (TPSA) is 63.4 Å². The van der Waals surface area contributed by atoms with E-state index in [0.29, 0.717) is 32.4 Å². The predicted molar refractivity (Wildman–Crippen MR) is 82.9 cm³/mol. The Kier molecular flexibility index (Phi) is 5.62. The minimum atomic E-state index is -0.246. The second-order valence-electron chi connectivity index (χ2n) is 5.54. The average molecular weight is 309 g/mol. The van der Waals surface area contributed by atoms with Gasteiger partial charge in [0.2, 0.25) is 11.8 Å². The SMILES string of the molecule is NC(=O)C1CCN(C(=O)CCCc2ccc(Cl)cc2)CC1. The highest BCUT2D eigenvalue weighted by molar-refractivity contribution is 6.30. The Morgan fingerprint density at radius 3 is 2.38 bits per heavy atom. The van der Waals surface area contributed by atoms with E-state index in [9.17, 15) is 9.59 Å². The monoisotopic (exact) mass is 308 g/mol. The van der Waals surface area contributed by atoms with Gasteiger partial charge < -0.3 is 10.6 Å². The number of aryl methyl sites for hydroxylation is 1. The van der Waals surface area contributed by atoms with Gasteiger partial charge in [0, 0.05) is 30.5 Å². The maximum absolute atomic E-state index is 12.1. The molecule has 1 aliphatic heterocycles. The number of nitrogens with two attached hydrogens (primary N) is 1. The van der Waals surface area contributed by atoms with Crippen molar-refractivity contribution in [3.05, 3.63) is 34.9 Å². The summed E-state index contributed by atoms with van der Waals surface area (Å²) in [4.78, 5) is 25.0. The van der Waals surface area contributed by atoms with E-state index >= 15 is 0 Å². The van der Waals surface area contributed by atoms with Crippen LogP contribution in [0.15, 0.2) is 24.3 Å². The fourth-order valence-corrected chi connectivity index (χ4v) is 2.79. The lowest BCUT2D eigenvalue weighted by molar-refractivity contribution is -0.134. The van der Waals surface area contributed by atoms with E-state index < -0.39 is 0 Å². The number of hydrogen-bond donors (Lipinski definition) is 1. The molecule has 0 radical (unpaired) electrons. The lowest BCUT2D eigenvalue weighted by Crippen LogP contribution is -2.41. The summed E-state index contributed by atoms with van der Waals surface area (Å²) in [7, 11) is 0. The molecule has 1 aromatic rings.